The molecule has 0 heterocycles. The van der Waals surface area contributed by atoms with Crippen molar-refractivity contribution in [3.63, 3.8) is 0 Å². The fourth-order valence-corrected chi connectivity index (χ4v) is 1.74. The van der Waals surface area contributed by atoms with Crippen LogP contribution < -0.4 is 16.0 Å². The van der Waals surface area contributed by atoms with Crippen LogP contribution in [0, 0.1) is 0 Å². The van der Waals surface area contributed by atoms with Gasteiger partial charge < -0.3 is 21.1 Å². The molecule has 0 saturated carbocycles. The van der Waals surface area contributed by atoms with Crippen LogP contribution in [0.15, 0.2) is 24.3 Å². The van der Waals surface area contributed by atoms with E-state index in [-0.39, 0.29) is 19.0 Å². The summed E-state index contributed by atoms with van der Waals surface area (Å²) in [6, 6.07) is 6.44. The largest absolute Gasteiger partial charge is 0.481 e. The van der Waals surface area contributed by atoms with Gasteiger partial charge in [0.2, 0.25) is 17.7 Å². The van der Waals surface area contributed by atoms with E-state index < -0.39 is 23.2 Å². The Morgan fingerprint density at radius 2 is 1.50 bits per heavy atom. The first kappa shape index (κ1) is 19.1. The SMILES string of the molecule is CC(=O)NCC(=O)NCC(=O)Nc1ccc(C(C)(C)C(=O)O)cc1. The molecule has 3 amide bonds. The van der Waals surface area contributed by atoms with Crippen molar-refractivity contribution >= 4 is 29.4 Å². The summed E-state index contributed by atoms with van der Waals surface area (Å²) in [5, 5.41) is 16.4. The Kier molecular flexibility index (Phi) is 6.46. The number of anilines is 1. The second kappa shape index (κ2) is 8.09. The molecule has 0 bridgehead atoms. The second-order valence-electron chi connectivity index (χ2n) is 5.74. The van der Waals surface area contributed by atoms with Crippen molar-refractivity contribution in [1.82, 2.24) is 10.6 Å². The number of benzene rings is 1. The Morgan fingerprint density at radius 3 is 2.00 bits per heavy atom. The Labute approximate surface area is 139 Å². The predicted octanol–water partition coefficient (Wildman–Crippen LogP) is 0.240. The van der Waals surface area contributed by atoms with Crippen molar-refractivity contribution in [2.24, 2.45) is 0 Å². The zero-order valence-electron chi connectivity index (χ0n) is 13.8. The van der Waals surface area contributed by atoms with Gasteiger partial charge in [-0.2, -0.15) is 0 Å². The summed E-state index contributed by atoms with van der Waals surface area (Å²) in [6.07, 6.45) is 0. The van der Waals surface area contributed by atoms with Crippen molar-refractivity contribution in [1.29, 1.82) is 0 Å². The maximum atomic E-state index is 11.7. The molecule has 0 aliphatic carbocycles. The Morgan fingerprint density at radius 1 is 0.958 bits per heavy atom. The van der Waals surface area contributed by atoms with Gasteiger partial charge >= 0.3 is 5.97 Å². The highest BCUT2D eigenvalue weighted by Crippen LogP contribution is 2.24. The summed E-state index contributed by atoms with van der Waals surface area (Å²) in [4.78, 5) is 45.0. The maximum Gasteiger partial charge on any atom is 0.313 e. The molecule has 130 valence electrons. The van der Waals surface area contributed by atoms with E-state index in [1.54, 1.807) is 38.1 Å². The van der Waals surface area contributed by atoms with Gasteiger partial charge in [0.15, 0.2) is 0 Å². The van der Waals surface area contributed by atoms with E-state index in [0.29, 0.717) is 11.3 Å². The van der Waals surface area contributed by atoms with E-state index in [1.165, 1.54) is 6.92 Å². The highest BCUT2D eigenvalue weighted by atomic mass is 16.4. The Hall–Kier alpha value is -2.90. The van der Waals surface area contributed by atoms with E-state index in [1.807, 2.05) is 0 Å². The van der Waals surface area contributed by atoms with Crippen LogP contribution in [0.25, 0.3) is 0 Å². The van der Waals surface area contributed by atoms with Crippen LogP contribution in [0.5, 0.6) is 0 Å². The van der Waals surface area contributed by atoms with Crippen LogP contribution in [0.4, 0.5) is 5.69 Å². The fraction of sp³-hybridized carbons (Fsp3) is 0.375. The second-order valence-corrected chi connectivity index (χ2v) is 5.74. The Bertz CT molecular complexity index is 638. The van der Waals surface area contributed by atoms with Gasteiger partial charge in [0.1, 0.15) is 0 Å². The molecular formula is C16H21N3O5. The third-order valence-electron chi connectivity index (χ3n) is 3.37. The summed E-state index contributed by atoms with van der Waals surface area (Å²) in [6.45, 7) is 4.04. The molecule has 0 atom stereocenters. The van der Waals surface area contributed by atoms with Crippen LogP contribution in [-0.4, -0.2) is 41.9 Å². The van der Waals surface area contributed by atoms with E-state index in [4.69, 9.17) is 0 Å². The van der Waals surface area contributed by atoms with E-state index in [9.17, 15) is 24.3 Å². The molecule has 1 aromatic carbocycles. The standard InChI is InChI=1S/C16H21N3O5/c1-10(20)17-8-13(21)18-9-14(22)19-12-6-4-11(5-7-12)16(2,3)15(23)24/h4-7H,8-9H2,1-3H3,(H,17,20)(H,18,21)(H,19,22)(H,23,24). The number of carboxylic acids is 1. The lowest BCUT2D eigenvalue weighted by Gasteiger charge is -2.19. The van der Waals surface area contributed by atoms with Crippen molar-refractivity contribution in [3.8, 4) is 0 Å². The average Bonchev–Trinajstić information content (AvgIpc) is 2.51. The van der Waals surface area contributed by atoms with Gasteiger partial charge in [0, 0.05) is 12.6 Å². The molecule has 0 radical (unpaired) electrons. The van der Waals surface area contributed by atoms with Gasteiger partial charge in [-0.3, -0.25) is 19.2 Å². The van der Waals surface area contributed by atoms with Crippen LogP contribution in [-0.2, 0) is 24.6 Å². The number of nitrogens with one attached hydrogen (secondary N) is 3. The molecule has 0 aliphatic heterocycles. The minimum atomic E-state index is -1.03. The first-order valence-corrected chi connectivity index (χ1v) is 7.28. The number of carbonyl (C=O) groups is 4. The molecule has 0 unspecified atom stereocenters. The minimum absolute atomic E-state index is 0.193. The van der Waals surface area contributed by atoms with E-state index in [0.717, 1.165) is 0 Å². The molecule has 0 aromatic heterocycles. The lowest BCUT2D eigenvalue weighted by atomic mass is 9.85. The lowest BCUT2D eigenvalue weighted by Crippen LogP contribution is -2.39. The lowest BCUT2D eigenvalue weighted by molar-refractivity contribution is -0.142. The topological polar surface area (TPSA) is 125 Å². The highest BCUT2D eigenvalue weighted by molar-refractivity contribution is 5.95. The van der Waals surface area contributed by atoms with Crippen molar-refractivity contribution in [2.45, 2.75) is 26.2 Å². The van der Waals surface area contributed by atoms with Gasteiger partial charge in [0.05, 0.1) is 18.5 Å². The molecule has 0 spiro atoms. The van der Waals surface area contributed by atoms with Crippen molar-refractivity contribution in [2.75, 3.05) is 18.4 Å². The van der Waals surface area contributed by atoms with Crippen LogP contribution in [0.3, 0.4) is 0 Å². The number of carbonyl (C=O) groups excluding carboxylic acids is 3. The third-order valence-corrected chi connectivity index (χ3v) is 3.37. The molecule has 0 fully saturated rings. The third kappa shape index (κ3) is 5.71. The minimum Gasteiger partial charge on any atom is -0.481 e. The first-order valence-electron chi connectivity index (χ1n) is 7.28. The quantitative estimate of drug-likeness (QED) is 0.568. The van der Waals surface area contributed by atoms with Crippen LogP contribution in [0.2, 0.25) is 0 Å². The number of rotatable bonds is 7. The number of amides is 3. The van der Waals surface area contributed by atoms with Gasteiger partial charge in [-0.15, -0.1) is 0 Å². The highest BCUT2D eigenvalue weighted by Gasteiger charge is 2.29. The van der Waals surface area contributed by atoms with E-state index in [2.05, 4.69) is 16.0 Å². The normalized spacial score (nSPS) is 10.6. The van der Waals surface area contributed by atoms with Gasteiger partial charge in [-0.25, -0.2) is 0 Å². The molecule has 1 rings (SSSR count). The van der Waals surface area contributed by atoms with Crippen LogP contribution in [0.1, 0.15) is 26.3 Å². The monoisotopic (exact) mass is 335 g/mol. The van der Waals surface area contributed by atoms with Gasteiger partial charge in [-0.1, -0.05) is 12.1 Å². The molecule has 0 saturated heterocycles. The van der Waals surface area contributed by atoms with E-state index >= 15 is 0 Å². The van der Waals surface area contributed by atoms with Crippen molar-refractivity contribution in [3.05, 3.63) is 29.8 Å². The van der Waals surface area contributed by atoms with Gasteiger partial charge in [0.25, 0.3) is 0 Å². The Balaban J connectivity index is 2.52. The molecule has 24 heavy (non-hydrogen) atoms. The molecule has 4 N–H and O–H groups in total. The number of carboxylic acid groups (broad SMARTS) is 1. The average molecular weight is 335 g/mol. The summed E-state index contributed by atoms with van der Waals surface area (Å²) in [7, 11) is 0. The first-order chi connectivity index (χ1) is 11.1. The number of hydrogen-bond donors (Lipinski definition) is 4. The molecular weight excluding hydrogens is 314 g/mol. The number of aliphatic carboxylic acids is 1. The predicted molar refractivity (Wildman–Crippen MR) is 87.4 cm³/mol. The maximum absolute atomic E-state index is 11.7. The molecule has 8 heteroatoms. The summed E-state index contributed by atoms with van der Waals surface area (Å²) in [5.74, 6) is -2.18. The molecule has 8 nitrogen and oxygen atoms in total. The summed E-state index contributed by atoms with van der Waals surface area (Å²) < 4.78 is 0. The zero-order chi connectivity index (χ0) is 18.3. The number of hydrogen-bond acceptors (Lipinski definition) is 4. The molecule has 1 aromatic rings. The van der Waals surface area contributed by atoms with Crippen LogP contribution >= 0.6 is 0 Å². The zero-order valence-corrected chi connectivity index (χ0v) is 13.8. The smallest absolute Gasteiger partial charge is 0.313 e. The van der Waals surface area contributed by atoms with Crippen molar-refractivity contribution < 1.29 is 24.3 Å². The summed E-state index contributed by atoms with van der Waals surface area (Å²) >= 11 is 0. The molecule has 0 aliphatic rings. The summed E-state index contributed by atoms with van der Waals surface area (Å²) in [5.41, 5.74) is 0.0675. The van der Waals surface area contributed by atoms with Gasteiger partial charge in [-0.05, 0) is 31.5 Å². The fourth-order valence-electron chi connectivity index (χ4n) is 1.74.